The highest BCUT2D eigenvalue weighted by Gasteiger charge is 2.36. The zero-order valence-corrected chi connectivity index (χ0v) is 15.4. The van der Waals surface area contributed by atoms with Gasteiger partial charge in [0.05, 0.1) is 22.2 Å². The van der Waals surface area contributed by atoms with E-state index in [1.807, 2.05) is 0 Å². The van der Waals surface area contributed by atoms with E-state index < -0.39 is 35.9 Å². The molecule has 0 spiro atoms. The number of para-hydroxylation sites is 1. The number of amides is 1. The van der Waals surface area contributed by atoms with Crippen LogP contribution in [-0.4, -0.2) is 16.4 Å². The maximum atomic E-state index is 13.0. The quantitative estimate of drug-likeness (QED) is 0.578. The molecule has 1 aromatic heterocycles. The van der Waals surface area contributed by atoms with Crippen LogP contribution in [0.25, 0.3) is 10.9 Å². The Kier molecular flexibility index (Phi) is 5.36. The zero-order chi connectivity index (χ0) is 22.3. The summed E-state index contributed by atoms with van der Waals surface area (Å²) in [4.78, 5) is 24.3. The molecule has 10 heteroatoms. The minimum Gasteiger partial charge on any atom is -0.348 e. The number of hydrogen-bond donors (Lipinski definition) is 1. The Morgan fingerprint density at radius 2 is 1.50 bits per heavy atom. The lowest BCUT2D eigenvalue weighted by molar-refractivity contribution is -0.143. The normalized spacial score (nSPS) is 12.2. The molecule has 158 valence electrons. The van der Waals surface area contributed by atoms with Gasteiger partial charge in [-0.3, -0.25) is 14.2 Å². The van der Waals surface area contributed by atoms with Crippen LogP contribution >= 0.6 is 0 Å². The average Bonchev–Trinajstić information content (AvgIpc) is 3.04. The van der Waals surface area contributed by atoms with Crippen LogP contribution in [0.1, 0.15) is 38.8 Å². The minimum atomic E-state index is -4.98. The molecule has 1 amide bonds. The summed E-state index contributed by atoms with van der Waals surface area (Å²) in [5.41, 5.74) is -2.76. The van der Waals surface area contributed by atoms with E-state index in [2.05, 4.69) is 5.32 Å². The second kappa shape index (κ2) is 7.51. The predicted molar refractivity (Wildman–Crippen MR) is 95.9 cm³/mol. The Hall–Kier alpha value is -3.30. The van der Waals surface area contributed by atoms with Gasteiger partial charge in [-0.2, -0.15) is 26.3 Å². The molecular formula is C20H14F6N2O2. The number of benzene rings is 2. The van der Waals surface area contributed by atoms with E-state index in [0.29, 0.717) is 23.0 Å². The maximum absolute atomic E-state index is 13.0. The molecule has 0 atom stereocenters. The topological polar surface area (TPSA) is 51.1 Å². The number of rotatable bonds is 3. The Labute approximate surface area is 166 Å². The Bertz CT molecular complexity index is 1100. The Morgan fingerprint density at radius 1 is 0.933 bits per heavy atom. The molecule has 0 fully saturated rings. The van der Waals surface area contributed by atoms with Crippen LogP contribution in [0.5, 0.6) is 0 Å². The van der Waals surface area contributed by atoms with Crippen molar-refractivity contribution in [1.82, 2.24) is 9.88 Å². The number of nitrogens with zero attached hydrogens (tertiary/aromatic N) is 1. The van der Waals surface area contributed by atoms with Gasteiger partial charge in [-0.1, -0.05) is 18.2 Å². The maximum Gasteiger partial charge on any atom is 0.416 e. The van der Waals surface area contributed by atoms with E-state index in [4.69, 9.17) is 0 Å². The summed E-state index contributed by atoms with van der Waals surface area (Å²) in [6.07, 6.45) is -8.68. The molecular weight excluding hydrogens is 414 g/mol. The minimum absolute atomic E-state index is 0.0196. The van der Waals surface area contributed by atoms with Crippen LogP contribution in [0.3, 0.4) is 0 Å². The van der Waals surface area contributed by atoms with Crippen molar-refractivity contribution < 1.29 is 35.9 Å². The van der Waals surface area contributed by atoms with E-state index in [0.717, 1.165) is 0 Å². The first-order valence-corrected chi connectivity index (χ1v) is 8.55. The van der Waals surface area contributed by atoms with Crippen LogP contribution in [0.4, 0.5) is 26.3 Å². The number of fused-ring (bicyclic) bond motifs is 1. The highest BCUT2D eigenvalue weighted by molar-refractivity contribution is 6.09. The van der Waals surface area contributed by atoms with Crippen molar-refractivity contribution in [2.75, 3.05) is 0 Å². The van der Waals surface area contributed by atoms with Crippen molar-refractivity contribution in [1.29, 1.82) is 0 Å². The van der Waals surface area contributed by atoms with Crippen LogP contribution in [0, 0.1) is 0 Å². The van der Waals surface area contributed by atoms with E-state index in [1.54, 1.807) is 24.3 Å². The third-order valence-electron chi connectivity index (χ3n) is 4.40. The molecule has 0 saturated carbocycles. The van der Waals surface area contributed by atoms with E-state index >= 15 is 0 Å². The largest absolute Gasteiger partial charge is 0.416 e. The number of hydrogen-bond acceptors (Lipinski definition) is 2. The van der Waals surface area contributed by atoms with E-state index in [1.165, 1.54) is 17.7 Å². The highest BCUT2D eigenvalue weighted by Crippen LogP contribution is 2.36. The van der Waals surface area contributed by atoms with Crippen LogP contribution < -0.4 is 5.32 Å². The van der Waals surface area contributed by atoms with Crippen molar-refractivity contribution in [2.24, 2.45) is 0 Å². The Balaban J connectivity index is 1.92. The molecule has 0 bridgehead atoms. The van der Waals surface area contributed by atoms with Gasteiger partial charge < -0.3 is 5.32 Å². The Morgan fingerprint density at radius 3 is 2.03 bits per heavy atom. The molecule has 0 aliphatic rings. The third kappa shape index (κ3) is 4.32. The summed E-state index contributed by atoms with van der Waals surface area (Å²) in [5.74, 6) is -1.10. The number of nitrogens with one attached hydrogen (secondary N) is 1. The lowest BCUT2D eigenvalue weighted by Gasteiger charge is -2.14. The second-order valence-corrected chi connectivity index (χ2v) is 6.55. The SMILES string of the molecule is CC(=O)n1cc(C(=O)NCc2cc(C(F)(F)F)cc(C(F)(F)F)c2)c2ccccc21. The molecule has 0 unspecified atom stereocenters. The summed E-state index contributed by atoms with van der Waals surface area (Å²) in [6.45, 7) is 0.723. The fourth-order valence-electron chi connectivity index (χ4n) is 3.02. The van der Waals surface area contributed by atoms with Crippen LogP contribution in [0.2, 0.25) is 0 Å². The fourth-order valence-corrected chi connectivity index (χ4v) is 3.02. The van der Waals surface area contributed by atoms with Gasteiger partial charge in [-0.15, -0.1) is 0 Å². The molecule has 0 radical (unpaired) electrons. The van der Waals surface area contributed by atoms with Gasteiger partial charge in [-0.25, -0.2) is 0 Å². The van der Waals surface area contributed by atoms with E-state index in [-0.39, 0.29) is 23.1 Å². The van der Waals surface area contributed by atoms with Gasteiger partial charge in [0, 0.05) is 25.1 Å². The lowest BCUT2D eigenvalue weighted by Crippen LogP contribution is -2.23. The number of carbonyl (C=O) groups is 2. The van der Waals surface area contributed by atoms with Crippen molar-refractivity contribution in [3.63, 3.8) is 0 Å². The summed E-state index contributed by atoms with van der Waals surface area (Å²) in [7, 11) is 0. The van der Waals surface area contributed by atoms with Gasteiger partial charge in [0.2, 0.25) is 5.91 Å². The molecule has 3 rings (SSSR count). The number of carbonyl (C=O) groups excluding carboxylic acids is 2. The zero-order valence-electron chi connectivity index (χ0n) is 15.4. The highest BCUT2D eigenvalue weighted by atomic mass is 19.4. The van der Waals surface area contributed by atoms with Gasteiger partial charge in [-0.05, 0) is 29.8 Å². The lowest BCUT2D eigenvalue weighted by atomic mass is 10.0. The molecule has 2 aromatic carbocycles. The second-order valence-electron chi connectivity index (χ2n) is 6.55. The van der Waals surface area contributed by atoms with Crippen molar-refractivity contribution >= 4 is 22.7 Å². The van der Waals surface area contributed by atoms with Gasteiger partial charge in [0.1, 0.15) is 0 Å². The number of halogens is 6. The van der Waals surface area contributed by atoms with Crippen LogP contribution in [-0.2, 0) is 18.9 Å². The predicted octanol–water partition coefficient (Wildman–Crippen LogP) is 5.27. The molecule has 1 N–H and O–H groups in total. The molecule has 0 aliphatic carbocycles. The van der Waals surface area contributed by atoms with Crippen molar-refractivity contribution in [3.05, 3.63) is 70.9 Å². The molecule has 0 saturated heterocycles. The summed E-state index contributed by atoms with van der Waals surface area (Å²) >= 11 is 0. The third-order valence-corrected chi connectivity index (χ3v) is 4.40. The average molecular weight is 428 g/mol. The van der Waals surface area contributed by atoms with Gasteiger partial charge in [0.25, 0.3) is 5.91 Å². The number of alkyl halides is 6. The standard InChI is InChI=1S/C20H14F6N2O2/c1-11(29)28-10-16(15-4-2-3-5-17(15)28)18(30)27-9-12-6-13(19(21,22)23)8-14(7-12)20(24,25)26/h2-8,10H,9H2,1H3,(H,27,30). The molecule has 4 nitrogen and oxygen atoms in total. The monoisotopic (exact) mass is 428 g/mol. The summed E-state index contributed by atoms with van der Waals surface area (Å²) in [6, 6.07) is 7.59. The molecule has 1 heterocycles. The fraction of sp³-hybridized carbons (Fsp3) is 0.200. The molecule has 0 aliphatic heterocycles. The summed E-state index contributed by atoms with van der Waals surface area (Å²) < 4.78 is 79.0. The van der Waals surface area contributed by atoms with Gasteiger partial charge >= 0.3 is 12.4 Å². The number of aromatic nitrogens is 1. The first-order chi connectivity index (χ1) is 13.9. The van der Waals surface area contributed by atoms with Crippen molar-refractivity contribution in [2.45, 2.75) is 25.8 Å². The van der Waals surface area contributed by atoms with Gasteiger partial charge in [0.15, 0.2) is 0 Å². The molecule has 30 heavy (non-hydrogen) atoms. The smallest absolute Gasteiger partial charge is 0.348 e. The van der Waals surface area contributed by atoms with Crippen molar-refractivity contribution in [3.8, 4) is 0 Å². The molecule has 3 aromatic rings. The first kappa shape index (κ1) is 21.4. The first-order valence-electron chi connectivity index (χ1n) is 8.55. The summed E-state index contributed by atoms with van der Waals surface area (Å²) in [5, 5.41) is 2.74. The van der Waals surface area contributed by atoms with Crippen LogP contribution in [0.15, 0.2) is 48.7 Å². The van der Waals surface area contributed by atoms with E-state index in [9.17, 15) is 35.9 Å².